The standard InChI is InChI=1S/C19H25ClN4S/c1-22-18(15-8-10-16(20)11-9-15)21-24(19(22)25)13-23-12-4-6-14-5-2-3-7-17(14)23/h8-11,14,17H,2-7,12-13H2,1H3/t14-,17+/m0/s1. The van der Waals surface area contributed by atoms with Crippen molar-refractivity contribution in [2.45, 2.75) is 51.2 Å². The van der Waals surface area contributed by atoms with Crippen LogP contribution in [-0.4, -0.2) is 31.8 Å². The van der Waals surface area contributed by atoms with Gasteiger partial charge in [0.25, 0.3) is 0 Å². The van der Waals surface area contributed by atoms with Crippen LogP contribution in [0.1, 0.15) is 38.5 Å². The minimum absolute atomic E-state index is 0.713. The minimum atomic E-state index is 0.713. The molecule has 134 valence electrons. The van der Waals surface area contributed by atoms with Gasteiger partial charge in [0.2, 0.25) is 0 Å². The lowest BCUT2D eigenvalue weighted by Gasteiger charge is -2.43. The second kappa shape index (κ2) is 7.22. The molecule has 0 N–H and O–H groups in total. The Kier molecular flexibility index (Phi) is 4.98. The van der Waals surface area contributed by atoms with Crippen molar-refractivity contribution in [1.29, 1.82) is 0 Å². The van der Waals surface area contributed by atoms with Crippen LogP contribution in [0.15, 0.2) is 24.3 Å². The topological polar surface area (TPSA) is 26.0 Å². The van der Waals surface area contributed by atoms with E-state index in [1.807, 2.05) is 40.6 Å². The van der Waals surface area contributed by atoms with Gasteiger partial charge in [-0.1, -0.05) is 24.4 Å². The number of benzene rings is 1. The summed E-state index contributed by atoms with van der Waals surface area (Å²) in [6.07, 6.45) is 8.18. The Morgan fingerprint density at radius 1 is 1.12 bits per heavy atom. The van der Waals surface area contributed by atoms with Crippen molar-refractivity contribution in [2.75, 3.05) is 6.54 Å². The fourth-order valence-electron chi connectivity index (χ4n) is 4.51. The van der Waals surface area contributed by atoms with Gasteiger partial charge in [-0.15, -0.1) is 0 Å². The quantitative estimate of drug-likeness (QED) is 0.714. The molecule has 1 saturated heterocycles. The average Bonchev–Trinajstić information content (AvgIpc) is 2.91. The Morgan fingerprint density at radius 2 is 1.84 bits per heavy atom. The minimum Gasteiger partial charge on any atom is -0.303 e. The number of rotatable bonds is 3. The molecule has 2 atom stereocenters. The Labute approximate surface area is 159 Å². The number of aromatic nitrogens is 3. The normalized spacial score (nSPS) is 24.2. The summed E-state index contributed by atoms with van der Waals surface area (Å²) in [5.74, 6) is 1.77. The van der Waals surface area contributed by atoms with Crippen LogP contribution in [0.2, 0.25) is 5.02 Å². The molecule has 0 unspecified atom stereocenters. The van der Waals surface area contributed by atoms with Gasteiger partial charge in [0.15, 0.2) is 10.6 Å². The summed E-state index contributed by atoms with van der Waals surface area (Å²) in [5.41, 5.74) is 1.05. The van der Waals surface area contributed by atoms with E-state index in [0.29, 0.717) is 6.04 Å². The lowest BCUT2D eigenvalue weighted by molar-refractivity contribution is 0.0323. The second-order valence-corrected chi connectivity index (χ2v) is 8.18. The van der Waals surface area contributed by atoms with Gasteiger partial charge in [0.05, 0.1) is 6.67 Å². The Morgan fingerprint density at radius 3 is 2.64 bits per heavy atom. The summed E-state index contributed by atoms with van der Waals surface area (Å²) < 4.78 is 4.78. The Balaban J connectivity index is 1.59. The van der Waals surface area contributed by atoms with Crippen LogP contribution in [0.25, 0.3) is 11.4 Å². The molecule has 2 aromatic rings. The highest BCUT2D eigenvalue weighted by Crippen LogP contribution is 2.35. The third kappa shape index (κ3) is 3.42. The van der Waals surface area contributed by atoms with E-state index in [1.165, 1.54) is 38.5 Å². The van der Waals surface area contributed by atoms with Crippen molar-refractivity contribution in [1.82, 2.24) is 19.2 Å². The lowest BCUT2D eigenvalue weighted by atomic mass is 9.78. The molecule has 0 spiro atoms. The molecule has 1 aromatic carbocycles. The van der Waals surface area contributed by atoms with E-state index >= 15 is 0 Å². The number of hydrogen-bond donors (Lipinski definition) is 0. The third-order valence-electron chi connectivity index (χ3n) is 5.82. The Bertz CT molecular complexity index is 793. The van der Waals surface area contributed by atoms with Gasteiger partial charge in [-0.25, -0.2) is 4.68 Å². The fraction of sp³-hybridized carbons (Fsp3) is 0.579. The molecule has 25 heavy (non-hydrogen) atoms. The number of fused-ring (bicyclic) bond motifs is 1. The number of halogens is 1. The van der Waals surface area contributed by atoms with Crippen LogP contribution < -0.4 is 0 Å². The average molecular weight is 377 g/mol. The number of likely N-dealkylation sites (tertiary alicyclic amines) is 1. The molecule has 1 aliphatic heterocycles. The number of hydrogen-bond acceptors (Lipinski definition) is 3. The zero-order valence-electron chi connectivity index (χ0n) is 14.7. The fourth-order valence-corrected chi connectivity index (χ4v) is 4.82. The molecule has 1 saturated carbocycles. The molecule has 6 heteroatoms. The lowest BCUT2D eigenvalue weighted by Crippen LogP contribution is -2.47. The Hall–Kier alpha value is -1.17. The monoisotopic (exact) mass is 376 g/mol. The molecular formula is C19H25ClN4S. The van der Waals surface area contributed by atoms with Gasteiger partial charge < -0.3 is 4.57 Å². The maximum Gasteiger partial charge on any atom is 0.199 e. The van der Waals surface area contributed by atoms with Crippen molar-refractivity contribution in [3.8, 4) is 11.4 Å². The van der Waals surface area contributed by atoms with Crippen molar-refractivity contribution < 1.29 is 0 Å². The summed E-state index contributed by atoms with van der Waals surface area (Å²) in [7, 11) is 2.00. The van der Waals surface area contributed by atoms with Crippen LogP contribution in [0.4, 0.5) is 0 Å². The van der Waals surface area contributed by atoms with E-state index in [1.54, 1.807) is 0 Å². The van der Waals surface area contributed by atoms with Gasteiger partial charge >= 0.3 is 0 Å². The second-order valence-electron chi connectivity index (χ2n) is 7.38. The summed E-state index contributed by atoms with van der Waals surface area (Å²) in [6, 6.07) is 8.52. The first-order valence-corrected chi connectivity index (χ1v) is 10.1. The summed E-state index contributed by atoms with van der Waals surface area (Å²) >= 11 is 11.7. The van der Waals surface area contributed by atoms with E-state index < -0.39 is 0 Å². The van der Waals surface area contributed by atoms with Crippen molar-refractivity contribution in [3.63, 3.8) is 0 Å². The SMILES string of the molecule is Cn1c(-c2ccc(Cl)cc2)nn(CN2CCC[C@@H]3CCCC[C@H]32)c1=S. The van der Waals surface area contributed by atoms with Crippen LogP contribution >= 0.6 is 23.8 Å². The zero-order valence-corrected chi connectivity index (χ0v) is 16.3. The van der Waals surface area contributed by atoms with Crippen LogP contribution in [-0.2, 0) is 13.7 Å². The van der Waals surface area contributed by atoms with Crippen LogP contribution in [0, 0.1) is 10.7 Å². The molecule has 1 aliphatic carbocycles. The van der Waals surface area contributed by atoms with Gasteiger partial charge in [-0.2, -0.15) is 5.10 Å². The largest absolute Gasteiger partial charge is 0.303 e. The van der Waals surface area contributed by atoms with Gasteiger partial charge in [-0.3, -0.25) is 4.90 Å². The van der Waals surface area contributed by atoms with Crippen LogP contribution in [0.3, 0.4) is 0 Å². The van der Waals surface area contributed by atoms with E-state index in [2.05, 4.69) is 4.90 Å². The summed E-state index contributed by atoms with van der Waals surface area (Å²) in [4.78, 5) is 2.61. The van der Waals surface area contributed by atoms with E-state index in [-0.39, 0.29) is 0 Å². The third-order valence-corrected chi connectivity index (χ3v) is 6.55. The zero-order chi connectivity index (χ0) is 17.4. The molecule has 2 aliphatic rings. The number of nitrogens with zero attached hydrogens (tertiary/aromatic N) is 4. The summed E-state index contributed by atoms with van der Waals surface area (Å²) in [6.45, 7) is 1.97. The molecule has 4 rings (SSSR count). The predicted molar refractivity (Wildman–Crippen MR) is 104 cm³/mol. The van der Waals surface area contributed by atoms with Gasteiger partial charge in [0.1, 0.15) is 0 Å². The van der Waals surface area contributed by atoms with E-state index in [4.69, 9.17) is 28.9 Å². The van der Waals surface area contributed by atoms with Gasteiger partial charge in [-0.05, 0) is 68.1 Å². The maximum absolute atomic E-state index is 6.01. The van der Waals surface area contributed by atoms with Crippen molar-refractivity contribution in [3.05, 3.63) is 34.1 Å². The first-order valence-electron chi connectivity index (χ1n) is 9.27. The summed E-state index contributed by atoms with van der Waals surface area (Å²) in [5, 5.41) is 5.57. The first kappa shape index (κ1) is 17.3. The molecule has 2 fully saturated rings. The number of piperidine rings is 1. The highest BCUT2D eigenvalue weighted by atomic mass is 35.5. The van der Waals surface area contributed by atoms with E-state index in [0.717, 1.165) is 40.3 Å². The van der Waals surface area contributed by atoms with Gasteiger partial charge in [0, 0.05) is 30.2 Å². The first-order chi connectivity index (χ1) is 12.1. The van der Waals surface area contributed by atoms with E-state index in [9.17, 15) is 0 Å². The van der Waals surface area contributed by atoms with Crippen molar-refractivity contribution >= 4 is 23.8 Å². The molecular weight excluding hydrogens is 352 g/mol. The molecule has 2 heterocycles. The smallest absolute Gasteiger partial charge is 0.199 e. The predicted octanol–water partition coefficient (Wildman–Crippen LogP) is 4.88. The molecule has 4 nitrogen and oxygen atoms in total. The molecule has 0 amide bonds. The maximum atomic E-state index is 6.01. The highest BCUT2D eigenvalue weighted by molar-refractivity contribution is 7.71. The molecule has 1 aromatic heterocycles. The molecule has 0 radical (unpaired) electrons. The van der Waals surface area contributed by atoms with Crippen molar-refractivity contribution in [2.24, 2.45) is 13.0 Å². The van der Waals surface area contributed by atoms with Crippen LogP contribution in [0.5, 0.6) is 0 Å². The highest BCUT2D eigenvalue weighted by Gasteiger charge is 2.33. The molecule has 0 bridgehead atoms.